The summed E-state index contributed by atoms with van der Waals surface area (Å²) in [6.07, 6.45) is 23.4. The smallest absolute Gasteiger partial charge is 0.330 e. The molecule has 2 nitrogen and oxygen atoms in total. The van der Waals surface area contributed by atoms with Crippen molar-refractivity contribution in [2.75, 3.05) is 6.61 Å². The van der Waals surface area contributed by atoms with Gasteiger partial charge in [0.2, 0.25) is 0 Å². The molecule has 0 radical (unpaired) electrons. The molecule has 0 aliphatic carbocycles. The first-order valence-corrected chi connectivity index (χ1v) is 11.0. The van der Waals surface area contributed by atoms with E-state index < -0.39 is 0 Å². The molecule has 1 atom stereocenters. The molecular formula is C23H44O2. The van der Waals surface area contributed by atoms with Gasteiger partial charge in [0.25, 0.3) is 0 Å². The van der Waals surface area contributed by atoms with E-state index in [0.717, 1.165) is 6.42 Å². The van der Waals surface area contributed by atoms with E-state index in [9.17, 15) is 4.79 Å². The molecule has 25 heavy (non-hydrogen) atoms. The van der Waals surface area contributed by atoms with E-state index in [1.54, 1.807) is 0 Å². The second-order valence-corrected chi connectivity index (χ2v) is 7.68. The zero-order chi connectivity index (χ0) is 18.6. The summed E-state index contributed by atoms with van der Waals surface area (Å²) in [4.78, 5) is 11.0. The summed E-state index contributed by atoms with van der Waals surface area (Å²) in [6.45, 7) is 8.38. The Bertz CT molecular complexity index is 298. The van der Waals surface area contributed by atoms with E-state index in [1.165, 1.54) is 102 Å². The third-order valence-electron chi connectivity index (χ3n) is 4.98. The van der Waals surface area contributed by atoms with Crippen LogP contribution in [0, 0.1) is 5.92 Å². The van der Waals surface area contributed by atoms with Gasteiger partial charge in [-0.25, -0.2) is 4.79 Å². The van der Waals surface area contributed by atoms with E-state index in [2.05, 4.69) is 20.4 Å². The summed E-state index contributed by atoms with van der Waals surface area (Å²) in [5.74, 6) is 0.161. The molecule has 0 heterocycles. The van der Waals surface area contributed by atoms with Crippen molar-refractivity contribution in [3.8, 4) is 0 Å². The number of hydrogen-bond acceptors (Lipinski definition) is 2. The first kappa shape index (κ1) is 24.2. The van der Waals surface area contributed by atoms with Crippen LogP contribution >= 0.6 is 0 Å². The molecule has 0 aromatic carbocycles. The fraction of sp³-hybridized carbons (Fsp3) is 0.870. The predicted molar refractivity (Wildman–Crippen MR) is 110 cm³/mol. The van der Waals surface area contributed by atoms with Crippen LogP contribution in [0.15, 0.2) is 12.7 Å². The SMILES string of the molecule is C=CC(=O)OC[C@H](C)CCCCCCCCCCCCCCCCC. The maximum absolute atomic E-state index is 11.0. The lowest BCUT2D eigenvalue weighted by atomic mass is 10.0. The monoisotopic (exact) mass is 352 g/mol. The van der Waals surface area contributed by atoms with Gasteiger partial charge in [-0.1, -0.05) is 117 Å². The van der Waals surface area contributed by atoms with Gasteiger partial charge in [0.1, 0.15) is 0 Å². The molecule has 0 bridgehead atoms. The van der Waals surface area contributed by atoms with Crippen LogP contribution in [0.25, 0.3) is 0 Å². The van der Waals surface area contributed by atoms with E-state index in [0.29, 0.717) is 12.5 Å². The molecule has 0 aliphatic rings. The molecule has 0 N–H and O–H groups in total. The van der Waals surface area contributed by atoms with E-state index in [-0.39, 0.29) is 5.97 Å². The molecule has 0 aromatic heterocycles. The summed E-state index contributed by atoms with van der Waals surface area (Å²) in [7, 11) is 0. The van der Waals surface area contributed by atoms with Crippen molar-refractivity contribution in [3.05, 3.63) is 12.7 Å². The minimum atomic E-state index is -0.302. The van der Waals surface area contributed by atoms with Crippen LogP contribution < -0.4 is 0 Å². The van der Waals surface area contributed by atoms with Crippen LogP contribution in [0.2, 0.25) is 0 Å². The zero-order valence-electron chi connectivity index (χ0n) is 17.2. The number of carbonyl (C=O) groups excluding carboxylic acids is 1. The Labute approximate surface area is 157 Å². The number of carbonyl (C=O) groups is 1. The van der Waals surface area contributed by atoms with Crippen molar-refractivity contribution in [1.82, 2.24) is 0 Å². The number of hydrogen-bond donors (Lipinski definition) is 0. The highest BCUT2D eigenvalue weighted by Gasteiger charge is 2.04. The van der Waals surface area contributed by atoms with Gasteiger partial charge in [-0.3, -0.25) is 0 Å². The van der Waals surface area contributed by atoms with Crippen molar-refractivity contribution in [2.45, 2.75) is 117 Å². The Hall–Kier alpha value is -0.790. The van der Waals surface area contributed by atoms with E-state index in [1.807, 2.05) is 0 Å². The maximum atomic E-state index is 11.0. The predicted octanol–water partition coefficient (Wildman–Crippen LogP) is 7.61. The van der Waals surface area contributed by atoms with Gasteiger partial charge < -0.3 is 4.74 Å². The lowest BCUT2D eigenvalue weighted by molar-refractivity contribution is -0.139. The van der Waals surface area contributed by atoms with Crippen LogP contribution in [0.1, 0.15) is 117 Å². The molecule has 0 fully saturated rings. The summed E-state index contributed by atoms with van der Waals surface area (Å²) >= 11 is 0. The van der Waals surface area contributed by atoms with E-state index in [4.69, 9.17) is 4.74 Å². The Balaban J connectivity index is 3.13. The fourth-order valence-electron chi connectivity index (χ4n) is 3.23. The van der Waals surface area contributed by atoms with Crippen molar-refractivity contribution >= 4 is 5.97 Å². The Morgan fingerprint density at radius 1 is 0.800 bits per heavy atom. The molecule has 0 spiro atoms. The van der Waals surface area contributed by atoms with Crippen LogP contribution in [0.4, 0.5) is 0 Å². The van der Waals surface area contributed by atoms with Crippen LogP contribution in [-0.2, 0) is 9.53 Å². The number of rotatable bonds is 19. The maximum Gasteiger partial charge on any atom is 0.330 e. The molecule has 0 saturated carbocycles. The zero-order valence-corrected chi connectivity index (χ0v) is 17.2. The van der Waals surface area contributed by atoms with Gasteiger partial charge in [0, 0.05) is 6.08 Å². The summed E-state index contributed by atoms with van der Waals surface area (Å²) in [5.41, 5.74) is 0. The van der Waals surface area contributed by atoms with Gasteiger partial charge in [-0.2, -0.15) is 0 Å². The summed E-state index contributed by atoms with van der Waals surface area (Å²) < 4.78 is 5.07. The van der Waals surface area contributed by atoms with Crippen molar-refractivity contribution in [3.63, 3.8) is 0 Å². The Morgan fingerprint density at radius 2 is 1.20 bits per heavy atom. The van der Waals surface area contributed by atoms with Gasteiger partial charge in [0.15, 0.2) is 0 Å². The molecule has 0 aliphatic heterocycles. The normalized spacial score (nSPS) is 12.1. The number of ether oxygens (including phenoxy) is 1. The quantitative estimate of drug-likeness (QED) is 0.136. The van der Waals surface area contributed by atoms with Gasteiger partial charge in [-0.05, 0) is 12.3 Å². The number of esters is 1. The Morgan fingerprint density at radius 3 is 1.60 bits per heavy atom. The van der Waals surface area contributed by atoms with Crippen LogP contribution in [-0.4, -0.2) is 12.6 Å². The highest BCUT2D eigenvalue weighted by atomic mass is 16.5. The molecule has 0 amide bonds. The third-order valence-corrected chi connectivity index (χ3v) is 4.98. The van der Waals surface area contributed by atoms with Gasteiger partial charge in [0.05, 0.1) is 6.61 Å². The average molecular weight is 353 g/mol. The summed E-state index contributed by atoms with van der Waals surface area (Å²) in [5, 5.41) is 0. The second kappa shape index (κ2) is 19.5. The molecule has 148 valence electrons. The van der Waals surface area contributed by atoms with Crippen LogP contribution in [0.3, 0.4) is 0 Å². The first-order chi connectivity index (χ1) is 12.2. The van der Waals surface area contributed by atoms with Crippen LogP contribution in [0.5, 0.6) is 0 Å². The van der Waals surface area contributed by atoms with Crippen molar-refractivity contribution in [1.29, 1.82) is 0 Å². The highest BCUT2D eigenvalue weighted by Crippen LogP contribution is 2.15. The molecule has 0 saturated heterocycles. The first-order valence-electron chi connectivity index (χ1n) is 11.0. The largest absolute Gasteiger partial charge is 0.462 e. The molecule has 0 rings (SSSR count). The lowest BCUT2D eigenvalue weighted by Gasteiger charge is -2.10. The van der Waals surface area contributed by atoms with Gasteiger partial charge in [-0.15, -0.1) is 0 Å². The second-order valence-electron chi connectivity index (χ2n) is 7.68. The fourth-order valence-corrected chi connectivity index (χ4v) is 3.23. The topological polar surface area (TPSA) is 26.3 Å². The van der Waals surface area contributed by atoms with Crippen molar-refractivity contribution < 1.29 is 9.53 Å². The summed E-state index contributed by atoms with van der Waals surface area (Å²) in [6, 6.07) is 0. The number of unbranched alkanes of at least 4 members (excludes halogenated alkanes) is 14. The minimum absolute atomic E-state index is 0.302. The van der Waals surface area contributed by atoms with E-state index >= 15 is 0 Å². The molecular weight excluding hydrogens is 308 g/mol. The molecule has 2 heteroatoms. The lowest BCUT2D eigenvalue weighted by Crippen LogP contribution is -2.09. The Kier molecular flexibility index (Phi) is 18.9. The molecule has 0 unspecified atom stereocenters. The molecule has 0 aromatic rings. The highest BCUT2D eigenvalue weighted by molar-refractivity contribution is 5.81. The standard InChI is InChI=1S/C23H44O2/c1-4-6-7-8-9-10-11-12-13-14-15-16-17-18-19-20-22(3)21-25-23(24)5-2/h5,22H,2,4,6-21H2,1,3H3/t22-/m1/s1. The minimum Gasteiger partial charge on any atom is -0.462 e. The van der Waals surface area contributed by atoms with Gasteiger partial charge >= 0.3 is 5.97 Å². The average Bonchev–Trinajstić information content (AvgIpc) is 2.62. The van der Waals surface area contributed by atoms with Crippen molar-refractivity contribution in [2.24, 2.45) is 5.92 Å². The third kappa shape index (κ3) is 19.4.